The van der Waals surface area contributed by atoms with Crippen LogP contribution in [-0.4, -0.2) is 38.3 Å². The summed E-state index contributed by atoms with van der Waals surface area (Å²) in [6.07, 6.45) is -0.858. The molecule has 1 rings (SSSR count). The summed E-state index contributed by atoms with van der Waals surface area (Å²) < 4.78 is 15.4. The van der Waals surface area contributed by atoms with Gasteiger partial charge in [-0.2, -0.15) is 0 Å². The number of benzene rings is 1. The number of hydrogen-bond donors (Lipinski definition) is 2. The van der Waals surface area contributed by atoms with Crippen LogP contribution in [0, 0.1) is 0 Å². The van der Waals surface area contributed by atoms with Crippen molar-refractivity contribution in [3.05, 3.63) is 17.7 Å². The summed E-state index contributed by atoms with van der Waals surface area (Å²) in [5.74, 6) is 1.29. The lowest BCUT2D eigenvalue weighted by Crippen LogP contribution is -2.07. The zero-order chi connectivity index (χ0) is 12.8. The van der Waals surface area contributed by atoms with Gasteiger partial charge in [0.05, 0.1) is 27.9 Å². The number of ether oxygens (including phenoxy) is 3. The minimum Gasteiger partial charge on any atom is -0.493 e. The minimum absolute atomic E-state index is 0.366. The second-order valence-electron chi connectivity index (χ2n) is 3.24. The molecule has 1 aromatic rings. The number of rotatable bonds is 6. The van der Waals surface area contributed by atoms with E-state index in [1.807, 2.05) is 0 Å². The van der Waals surface area contributed by atoms with Gasteiger partial charge in [0.2, 0.25) is 5.75 Å². The van der Waals surface area contributed by atoms with E-state index in [4.69, 9.17) is 24.6 Å². The Balaban J connectivity index is 3.26. The Bertz CT molecular complexity index is 336. The molecule has 0 amide bonds. The van der Waals surface area contributed by atoms with Crippen molar-refractivity contribution in [2.45, 2.75) is 6.10 Å². The molecule has 17 heavy (non-hydrogen) atoms. The highest BCUT2D eigenvalue weighted by molar-refractivity contribution is 5.54. The largest absolute Gasteiger partial charge is 0.493 e. The van der Waals surface area contributed by atoms with E-state index in [9.17, 15) is 0 Å². The third-order valence-corrected chi connectivity index (χ3v) is 2.35. The Kier molecular flexibility index (Phi) is 5.02. The maximum Gasteiger partial charge on any atom is 0.203 e. The van der Waals surface area contributed by atoms with Crippen LogP contribution >= 0.6 is 0 Å². The van der Waals surface area contributed by atoms with Crippen molar-refractivity contribution < 1.29 is 29.5 Å². The minimum atomic E-state index is -0.858. The van der Waals surface area contributed by atoms with Gasteiger partial charge in [-0.1, -0.05) is 0 Å². The molecule has 0 aliphatic rings. The number of aliphatic hydroxyl groups excluding tert-OH is 1. The molecule has 0 radical (unpaired) electrons. The lowest BCUT2D eigenvalue weighted by Gasteiger charge is -2.16. The second-order valence-corrected chi connectivity index (χ2v) is 3.24. The van der Waals surface area contributed by atoms with Gasteiger partial charge in [0, 0.05) is 0 Å². The first-order valence-electron chi connectivity index (χ1n) is 4.92. The molecule has 0 saturated heterocycles. The van der Waals surface area contributed by atoms with E-state index < -0.39 is 6.10 Å². The predicted molar refractivity (Wildman–Crippen MR) is 59.6 cm³/mol. The normalized spacial score (nSPS) is 12.1. The van der Waals surface area contributed by atoms with Crippen molar-refractivity contribution in [1.82, 2.24) is 0 Å². The van der Waals surface area contributed by atoms with Crippen molar-refractivity contribution in [2.24, 2.45) is 0 Å². The number of aliphatic hydroxyl groups is 1. The summed E-state index contributed by atoms with van der Waals surface area (Å²) >= 11 is 0. The molecule has 0 saturated carbocycles. The summed E-state index contributed by atoms with van der Waals surface area (Å²) in [4.78, 5) is 4.16. The fourth-order valence-corrected chi connectivity index (χ4v) is 1.49. The molecule has 0 aliphatic heterocycles. The highest BCUT2D eigenvalue weighted by atomic mass is 17.1. The van der Waals surface area contributed by atoms with Gasteiger partial charge in [-0.25, -0.2) is 4.89 Å². The van der Waals surface area contributed by atoms with E-state index in [1.165, 1.54) is 21.3 Å². The third-order valence-electron chi connectivity index (χ3n) is 2.35. The smallest absolute Gasteiger partial charge is 0.203 e. The highest BCUT2D eigenvalue weighted by Crippen LogP contribution is 2.39. The van der Waals surface area contributed by atoms with E-state index in [1.54, 1.807) is 12.1 Å². The lowest BCUT2D eigenvalue weighted by molar-refractivity contribution is -0.288. The molecule has 2 N–H and O–H groups in total. The molecule has 0 fully saturated rings. The van der Waals surface area contributed by atoms with E-state index in [2.05, 4.69) is 4.89 Å². The van der Waals surface area contributed by atoms with E-state index in [-0.39, 0.29) is 6.61 Å². The Morgan fingerprint density at radius 2 is 1.59 bits per heavy atom. The van der Waals surface area contributed by atoms with Crippen LogP contribution < -0.4 is 14.2 Å². The van der Waals surface area contributed by atoms with Crippen molar-refractivity contribution in [1.29, 1.82) is 0 Å². The molecule has 1 unspecified atom stereocenters. The van der Waals surface area contributed by atoms with Crippen LogP contribution in [0.4, 0.5) is 0 Å². The molecule has 0 aliphatic carbocycles. The van der Waals surface area contributed by atoms with Crippen molar-refractivity contribution in [3.8, 4) is 17.2 Å². The van der Waals surface area contributed by atoms with Gasteiger partial charge in [0.25, 0.3) is 0 Å². The van der Waals surface area contributed by atoms with Crippen molar-refractivity contribution >= 4 is 0 Å². The maximum atomic E-state index is 9.04. The molecule has 6 nitrogen and oxygen atoms in total. The van der Waals surface area contributed by atoms with Crippen molar-refractivity contribution in [2.75, 3.05) is 27.9 Å². The van der Waals surface area contributed by atoms with Gasteiger partial charge in [-0.15, -0.1) is 0 Å². The first kappa shape index (κ1) is 13.6. The molecular weight excluding hydrogens is 228 g/mol. The zero-order valence-corrected chi connectivity index (χ0v) is 9.97. The Morgan fingerprint density at radius 1 is 1.06 bits per heavy atom. The van der Waals surface area contributed by atoms with Gasteiger partial charge in [-0.05, 0) is 17.7 Å². The second kappa shape index (κ2) is 6.29. The fraction of sp³-hybridized carbons (Fsp3) is 0.455. The molecule has 0 spiro atoms. The fourth-order valence-electron chi connectivity index (χ4n) is 1.49. The van der Waals surface area contributed by atoms with Gasteiger partial charge >= 0.3 is 0 Å². The average molecular weight is 244 g/mol. The van der Waals surface area contributed by atoms with Crippen LogP contribution in [0.3, 0.4) is 0 Å². The number of hydrogen-bond acceptors (Lipinski definition) is 6. The predicted octanol–water partition coefficient (Wildman–Crippen LogP) is 1.24. The summed E-state index contributed by atoms with van der Waals surface area (Å²) in [7, 11) is 4.45. The first-order chi connectivity index (χ1) is 8.21. The standard InChI is InChI=1S/C11H16O6/c1-14-8-4-7(10(6-12)17-13)5-9(15-2)11(8)16-3/h4-5,10,12-13H,6H2,1-3H3. The Morgan fingerprint density at radius 3 is 1.88 bits per heavy atom. The van der Waals surface area contributed by atoms with Crippen LogP contribution in [0.1, 0.15) is 11.7 Å². The Labute approximate surface area is 99.2 Å². The molecule has 1 aromatic carbocycles. The van der Waals surface area contributed by atoms with Crippen LogP contribution in [0.15, 0.2) is 12.1 Å². The summed E-state index contributed by atoms with van der Waals surface area (Å²) in [5, 5.41) is 17.7. The van der Waals surface area contributed by atoms with E-state index in [0.717, 1.165) is 0 Å². The van der Waals surface area contributed by atoms with Crippen LogP contribution in [0.2, 0.25) is 0 Å². The van der Waals surface area contributed by atoms with Crippen molar-refractivity contribution in [3.63, 3.8) is 0 Å². The topological polar surface area (TPSA) is 77.4 Å². The van der Waals surface area contributed by atoms with Crippen LogP contribution in [-0.2, 0) is 4.89 Å². The van der Waals surface area contributed by atoms with E-state index >= 15 is 0 Å². The SMILES string of the molecule is COc1cc(C(CO)OO)cc(OC)c1OC. The molecule has 0 aromatic heterocycles. The lowest BCUT2D eigenvalue weighted by atomic mass is 10.1. The third kappa shape index (κ3) is 2.79. The Hall–Kier alpha value is -1.50. The molecule has 6 heteroatoms. The average Bonchev–Trinajstić information content (AvgIpc) is 2.38. The summed E-state index contributed by atoms with van der Waals surface area (Å²) in [6, 6.07) is 3.19. The quantitative estimate of drug-likeness (QED) is 0.579. The summed E-state index contributed by atoms with van der Waals surface area (Å²) in [5.41, 5.74) is 0.518. The molecule has 1 atom stereocenters. The first-order valence-corrected chi connectivity index (χ1v) is 4.92. The van der Waals surface area contributed by atoms with Crippen LogP contribution in [0.5, 0.6) is 17.2 Å². The molecular formula is C11H16O6. The monoisotopic (exact) mass is 244 g/mol. The summed E-state index contributed by atoms with van der Waals surface area (Å²) in [6.45, 7) is -0.366. The zero-order valence-electron chi connectivity index (χ0n) is 9.97. The van der Waals surface area contributed by atoms with Gasteiger partial charge in [0.15, 0.2) is 11.5 Å². The molecule has 0 heterocycles. The molecule has 96 valence electrons. The highest BCUT2D eigenvalue weighted by Gasteiger charge is 2.18. The van der Waals surface area contributed by atoms with Gasteiger partial charge in [0.1, 0.15) is 6.10 Å². The maximum absolute atomic E-state index is 9.04. The van der Waals surface area contributed by atoms with Gasteiger partial charge in [-0.3, -0.25) is 5.26 Å². The van der Waals surface area contributed by atoms with Gasteiger partial charge < -0.3 is 19.3 Å². The number of methoxy groups -OCH3 is 3. The molecule has 0 bridgehead atoms. The van der Waals surface area contributed by atoms with Crippen LogP contribution in [0.25, 0.3) is 0 Å². The van der Waals surface area contributed by atoms with E-state index in [0.29, 0.717) is 22.8 Å².